The molecule has 0 radical (unpaired) electrons. The zero-order valence-electron chi connectivity index (χ0n) is 19.8. The minimum Gasteiger partial charge on any atom is -0.380 e. The van der Waals surface area contributed by atoms with Crippen molar-refractivity contribution in [2.24, 2.45) is 16.8 Å². The molecule has 1 saturated carbocycles. The average molecular weight is 489 g/mol. The summed E-state index contributed by atoms with van der Waals surface area (Å²) in [6, 6.07) is 18.0. The number of likely N-dealkylation sites (tertiary alicyclic amines) is 1. The summed E-state index contributed by atoms with van der Waals surface area (Å²) in [4.78, 5) is 33.7. The smallest absolute Gasteiger partial charge is 0.251 e. The number of rotatable bonds is 4. The van der Waals surface area contributed by atoms with E-state index in [0.717, 1.165) is 50.9 Å². The quantitative estimate of drug-likeness (QED) is 0.665. The molecule has 2 amide bonds. The number of nitrogens with one attached hydrogen (secondary N) is 2. The number of hydrogen-bond acceptors (Lipinski definition) is 5. The van der Waals surface area contributed by atoms with Crippen molar-refractivity contribution in [2.75, 3.05) is 18.4 Å². The molecule has 4 aliphatic rings. The van der Waals surface area contributed by atoms with Crippen LogP contribution in [0.3, 0.4) is 0 Å². The number of fused-ring (bicyclic) bond motifs is 3. The minimum atomic E-state index is -0.167. The molecule has 2 aromatic carbocycles. The van der Waals surface area contributed by atoms with Gasteiger partial charge < -0.3 is 15.5 Å². The van der Waals surface area contributed by atoms with Crippen molar-refractivity contribution in [3.63, 3.8) is 0 Å². The molecule has 7 heteroatoms. The number of thioether (sulfide) groups is 1. The van der Waals surface area contributed by atoms with Crippen LogP contribution in [-0.4, -0.2) is 52.7 Å². The minimum absolute atomic E-state index is 0.0820. The number of carbonyl (C=O) groups is 2. The van der Waals surface area contributed by atoms with Gasteiger partial charge in [0.05, 0.1) is 29.3 Å². The lowest BCUT2D eigenvalue weighted by Gasteiger charge is -2.43. The fourth-order valence-electron chi connectivity index (χ4n) is 6.54. The van der Waals surface area contributed by atoms with Crippen LogP contribution < -0.4 is 10.6 Å². The highest BCUT2D eigenvalue weighted by Crippen LogP contribution is 2.49. The van der Waals surface area contributed by atoms with Crippen molar-refractivity contribution in [3.8, 4) is 0 Å². The first kappa shape index (κ1) is 22.7. The van der Waals surface area contributed by atoms with Crippen LogP contribution in [-0.2, 0) is 4.79 Å². The van der Waals surface area contributed by atoms with Gasteiger partial charge in [0.15, 0.2) is 0 Å². The van der Waals surface area contributed by atoms with Gasteiger partial charge in [0.1, 0.15) is 0 Å². The SMILES string of the molecule is O=C(N[C@@H]1CCCC[C@@H]1C(=O)N1CC[C@@H]2[C@H](C3CN=CS3)Nc3ccccc3[C@@H]21)c1ccccc1. The average Bonchev–Trinajstić information content (AvgIpc) is 3.60. The van der Waals surface area contributed by atoms with E-state index in [1.807, 2.05) is 47.6 Å². The van der Waals surface area contributed by atoms with Crippen LogP contribution in [0.25, 0.3) is 0 Å². The Kier molecular flexibility index (Phi) is 6.27. The van der Waals surface area contributed by atoms with Crippen LogP contribution in [0.15, 0.2) is 59.6 Å². The van der Waals surface area contributed by atoms with Crippen molar-refractivity contribution < 1.29 is 9.59 Å². The molecule has 1 saturated heterocycles. The molecule has 6 rings (SSSR count). The molecular weight excluding hydrogens is 456 g/mol. The number of anilines is 1. The van der Waals surface area contributed by atoms with Crippen LogP contribution in [0.4, 0.5) is 5.69 Å². The summed E-state index contributed by atoms with van der Waals surface area (Å²) in [5.74, 6) is 0.329. The first-order chi connectivity index (χ1) is 17.2. The highest BCUT2D eigenvalue weighted by Gasteiger charge is 2.50. The Labute approximate surface area is 211 Å². The van der Waals surface area contributed by atoms with E-state index in [0.29, 0.717) is 22.8 Å². The van der Waals surface area contributed by atoms with E-state index in [1.165, 1.54) is 5.56 Å². The van der Waals surface area contributed by atoms with E-state index in [1.54, 1.807) is 0 Å². The van der Waals surface area contributed by atoms with E-state index < -0.39 is 0 Å². The van der Waals surface area contributed by atoms with Gasteiger partial charge in [-0.3, -0.25) is 14.6 Å². The van der Waals surface area contributed by atoms with Gasteiger partial charge in [-0.2, -0.15) is 0 Å². The Balaban J connectivity index is 1.25. The van der Waals surface area contributed by atoms with E-state index >= 15 is 0 Å². The molecule has 0 spiro atoms. The van der Waals surface area contributed by atoms with Crippen molar-refractivity contribution in [3.05, 3.63) is 65.7 Å². The molecule has 1 aliphatic carbocycles. The maximum Gasteiger partial charge on any atom is 0.251 e. The van der Waals surface area contributed by atoms with Crippen LogP contribution in [0, 0.1) is 11.8 Å². The lowest BCUT2D eigenvalue weighted by molar-refractivity contribution is -0.138. The topological polar surface area (TPSA) is 73.8 Å². The summed E-state index contributed by atoms with van der Waals surface area (Å²) in [5.41, 5.74) is 4.99. The Hall–Kier alpha value is -2.80. The summed E-state index contributed by atoms with van der Waals surface area (Å²) in [6.45, 7) is 1.60. The van der Waals surface area contributed by atoms with E-state index in [-0.39, 0.29) is 29.8 Å². The van der Waals surface area contributed by atoms with Crippen molar-refractivity contribution in [2.45, 2.75) is 55.5 Å². The number of amides is 2. The van der Waals surface area contributed by atoms with Crippen LogP contribution >= 0.6 is 11.8 Å². The van der Waals surface area contributed by atoms with Crippen LogP contribution in [0.5, 0.6) is 0 Å². The largest absolute Gasteiger partial charge is 0.380 e. The standard InChI is InChI=1S/C28H32N4O2S/c33-27(18-8-2-1-3-9-18)31-23-13-7-5-11-20(23)28(34)32-15-14-21-25(24-16-29-17-35-24)30-22-12-6-4-10-19(22)26(21)32/h1-4,6,8-10,12,17,20-21,23-26,30H,5,7,11,13-16H2,(H,31,33)/t20-,21+,23+,24?,25+,26-/m0/s1. The molecule has 2 aromatic rings. The molecule has 2 N–H and O–H groups in total. The number of nitrogens with zero attached hydrogens (tertiary/aromatic N) is 2. The van der Waals surface area contributed by atoms with E-state index in [9.17, 15) is 9.59 Å². The Morgan fingerprint density at radius 2 is 1.80 bits per heavy atom. The third-order valence-corrected chi connectivity index (χ3v) is 9.28. The van der Waals surface area contributed by atoms with Gasteiger partial charge in [-0.05, 0) is 43.0 Å². The molecule has 3 heterocycles. The molecule has 0 aromatic heterocycles. The van der Waals surface area contributed by atoms with Gasteiger partial charge in [-0.15, -0.1) is 11.8 Å². The first-order valence-corrected chi connectivity index (χ1v) is 13.8. The third kappa shape index (κ3) is 4.24. The highest BCUT2D eigenvalue weighted by molar-refractivity contribution is 8.13. The van der Waals surface area contributed by atoms with Gasteiger partial charge in [0.2, 0.25) is 5.91 Å². The van der Waals surface area contributed by atoms with Gasteiger partial charge >= 0.3 is 0 Å². The predicted octanol–water partition coefficient (Wildman–Crippen LogP) is 4.50. The maximum atomic E-state index is 14.1. The van der Waals surface area contributed by atoms with Gasteiger partial charge in [0.25, 0.3) is 5.91 Å². The molecule has 35 heavy (non-hydrogen) atoms. The molecule has 182 valence electrons. The second-order valence-corrected chi connectivity index (χ2v) is 11.3. The maximum absolute atomic E-state index is 14.1. The second-order valence-electron chi connectivity index (χ2n) is 10.2. The lowest BCUT2D eigenvalue weighted by atomic mass is 9.80. The summed E-state index contributed by atoms with van der Waals surface area (Å²) < 4.78 is 0. The normalized spacial score (nSPS) is 31.4. The molecular formula is C28H32N4O2S. The van der Waals surface area contributed by atoms with E-state index in [2.05, 4.69) is 44.8 Å². The predicted molar refractivity (Wildman–Crippen MR) is 141 cm³/mol. The monoisotopic (exact) mass is 488 g/mol. The fraction of sp³-hybridized carbons (Fsp3) is 0.464. The first-order valence-electron chi connectivity index (χ1n) is 12.9. The molecule has 6 atom stereocenters. The zero-order chi connectivity index (χ0) is 23.8. The summed E-state index contributed by atoms with van der Waals surface area (Å²) >= 11 is 1.81. The number of carbonyl (C=O) groups excluding carboxylic acids is 2. The number of hydrogen-bond donors (Lipinski definition) is 2. The Bertz CT molecular complexity index is 1110. The van der Waals surface area contributed by atoms with Crippen LogP contribution in [0.1, 0.15) is 54.1 Å². The third-order valence-electron chi connectivity index (χ3n) is 8.22. The summed E-state index contributed by atoms with van der Waals surface area (Å²) in [5, 5.41) is 7.42. The lowest BCUT2D eigenvalue weighted by Crippen LogP contribution is -2.51. The zero-order valence-corrected chi connectivity index (χ0v) is 20.6. The molecule has 3 aliphatic heterocycles. The number of para-hydroxylation sites is 1. The van der Waals surface area contributed by atoms with Crippen molar-refractivity contribution in [1.82, 2.24) is 10.2 Å². The fourth-order valence-corrected chi connectivity index (χ4v) is 7.48. The van der Waals surface area contributed by atoms with Crippen LogP contribution in [0.2, 0.25) is 0 Å². The second kappa shape index (κ2) is 9.69. The summed E-state index contributed by atoms with van der Waals surface area (Å²) in [6.07, 6.45) is 4.76. The Morgan fingerprint density at radius 1 is 1.00 bits per heavy atom. The van der Waals surface area contributed by atoms with Crippen molar-refractivity contribution in [1.29, 1.82) is 0 Å². The van der Waals surface area contributed by atoms with Gasteiger partial charge in [0, 0.05) is 35.8 Å². The molecule has 2 fully saturated rings. The van der Waals surface area contributed by atoms with E-state index in [4.69, 9.17) is 0 Å². The molecule has 6 nitrogen and oxygen atoms in total. The highest BCUT2D eigenvalue weighted by atomic mass is 32.2. The number of benzene rings is 2. The molecule has 1 unspecified atom stereocenters. The summed E-state index contributed by atoms with van der Waals surface area (Å²) in [7, 11) is 0. The van der Waals surface area contributed by atoms with Crippen molar-refractivity contribution >= 4 is 34.8 Å². The molecule has 0 bridgehead atoms. The number of aliphatic imine (C=N–C) groups is 1. The van der Waals surface area contributed by atoms with Gasteiger partial charge in [-0.25, -0.2) is 0 Å². The Morgan fingerprint density at radius 3 is 2.63 bits per heavy atom. The van der Waals surface area contributed by atoms with Gasteiger partial charge in [-0.1, -0.05) is 49.2 Å².